The largest absolute Gasteiger partial charge is 0.507 e. The summed E-state index contributed by atoms with van der Waals surface area (Å²) in [5, 5.41) is 11.3. The highest BCUT2D eigenvalue weighted by Crippen LogP contribution is 2.44. The maximum atomic E-state index is 13.4. The van der Waals surface area contributed by atoms with Crippen LogP contribution in [0.15, 0.2) is 66.2 Å². The van der Waals surface area contributed by atoms with E-state index in [-0.39, 0.29) is 18.1 Å². The molecule has 3 aromatic carbocycles. The molecule has 1 amide bonds. The Bertz CT molecular complexity index is 1360. The third-order valence-electron chi connectivity index (χ3n) is 6.12. The van der Waals surface area contributed by atoms with Gasteiger partial charge in [-0.15, -0.1) is 0 Å². The predicted molar refractivity (Wildman–Crippen MR) is 126 cm³/mol. The molecular weight excluding hydrogens is 434 g/mol. The molecule has 1 fully saturated rings. The number of benzene rings is 3. The molecule has 0 saturated carbocycles. The lowest BCUT2D eigenvalue weighted by Gasteiger charge is -2.27. The normalized spacial score (nSPS) is 18.4. The minimum Gasteiger partial charge on any atom is -0.507 e. The zero-order valence-electron chi connectivity index (χ0n) is 19.0. The second-order valence-corrected chi connectivity index (χ2v) is 8.30. The van der Waals surface area contributed by atoms with Crippen LogP contribution in [0.1, 0.15) is 28.3 Å². The highest BCUT2D eigenvalue weighted by atomic mass is 16.7. The van der Waals surface area contributed by atoms with Crippen LogP contribution in [0.3, 0.4) is 0 Å². The number of amides is 1. The first-order valence-corrected chi connectivity index (χ1v) is 10.8. The Morgan fingerprint density at radius 3 is 2.59 bits per heavy atom. The number of ether oxygens (including phenoxy) is 3. The molecule has 7 nitrogen and oxygen atoms in total. The maximum absolute atomic E-state index is 13.4. The Kier molecular flexibility index (Phi) is 5.24. The number of aliphatic hydroxyl groups excluding tert-OH is 1. The number of hydrogen-bond donors (Lipinski definition) is 1. The van der Waals surface area contributed by atoms with Crippen molar-refractivity contribution in [1.29, 1.82) is 0 Å². The number of Topliss-reactive ketones (excluding diaryl/α,β-unsaturated/α-hetero) is 1. The molecule has 0 bridgehead atoms. The van der Waals surface area contributed by atoms with Gasteiger partial charge in [-0.3, -0.25) is 14.5 Å². The zero-order valence-corrected chi connectivity index (χ0v) is 19.0. The molecule has 1 atom stereocenters. The number of hydrogen-bond acceptors (Lipinski definition) is 6. The molecule has 2 aliphatic heterocycles. The predicted octanol–water partition coefficient (Wildman–Crippen LogP) is 4.67. The van der Waals surface area contributed by atoms with Crippen LogP contribution in [0.5, 0.6) is 17.2 Å². The summed E-state index contributed by atoms with van der Waals surface area (Å²) in [7, 11) is 1.55. The lowest BCUT2D eigenvalue weighted by atomic mass is 9.94. The summed E-state index contributed by atoms with van der Waals surface area (Å²) >= 11 is 0. The van der Waals surface area contributed by atoms with Crippen molar-refractivity contribution in [3.63, 3.8) is 0 Å². The Labute approximate surface area is 196 Å². The van der Waals surface area contributed by atoms with Crippen LogP contribution in [0.25, 0.3) is 5.76 Å². The number of aliphatic hydroxyl groups is 1. The number of nitrogens with zero attached hydrogens (tertiary/aromatic N) is 1. The number of anilines is 1. The molecule has 3 aromatic rings. The monoisotopic (exact) mass is 457 g/mol. The highest BCUT2D eigenvalue weighted by Gasteiger charge is 2.47. The summed E-state index contributed by atoms with van der Waals surface area (Å²) in [6.07, 6.45) is 0. The van der Waals surface area contributed by atoms with Crippen LogP contribution in [-0.2, 0) is 9.59 Å². The van der Waals surface area contributed by atoms with Crippen molar-refractivity contribution >= 4 is 23.1 Å². The summed E-state index contributed by atoms with van der Waals surface area (Å²) in [6, 6.07) is 16.9. The summed E-state index contributed by atoms with van der Waals surface area (Å²) in [5.41, 5.74) is 3.39. The lowest BCUT2D eigenvalue weighted by molar-refractivity contribution is -0.132. The second-order valence-electron chi connectivity index (χ2n) is 8.30. The molecule has 1 saturated heterocycles. The molecule has 2 aliphatic rings. The van der Waals surface area contributed by atoms with E-state index in [1.54, 1.807) is 43.5 Å². The van der Waals surface area contributed by atoms with E-state index >= 15 is 0 Å². The van der Waals surface area contributed by atoms with Crippen LogP contribution in [0.4, 0.5) is 5.69 Å². The van der Waals surface area contributed by atoms with E-state index in [4.69, 9.17) is 14.2 Å². The van der Waals surface area contributed by atoms with Gasteiger partial charge in [-0.2, -0.15) is 0 Å². The van der Waals surface area contributed by atoms with Gasteiger partial charge in [0.05, 0.1) is 18.7 Å². The molecule has 0 aliphatic carbocycles. The fraction of sp³-hybridized carbons (Fsp3) is 0.185. The Morgan fingerprint density at radius 2 is 1.79 bits per heavy atom. The number of rotatable bonds is 4. The van der Waals surface area contributed by atoms with Gasteiger partial charge >= 0.3 is 0 Å². The van der Waals surface area contributed by atoms with Gasteiger partial charge in [0.2, 0.25) is 6.79 Å². The minimum atomic E-state index is -0.846. The van der Waals surface area contributed by atoms with Gasteiger partial charge < -0.3 is 19.3 Å². The first-order valence-electron chi connectivity index (χ1n) is 10.8. The maximum Gasteiger partial charge on any atom is 0.300 e. The number of carbonyl (C=O) groups excluding carboxylic acids is 2. The van der Waals surface area contributed by atoms with Crippen LogP contribution in [-0.4, -0.2) is 30.7 Å². The van der Waals surface area contributed by atoms with E-state index in [2.05, 4.69) is 0 Å². The third-order valence-corrected chi connectivity index (χ3v) is 6.12. The SMILES string of the molecule is COc1cccc(C2/C(=C(/O)c3ccc4c(c3)OCO4)C(=O)C(=O)N2c2cc(C)ccc2C)c1. The van der Waals surface area contributed by atoms with E-state index < -0.39 is 17.7 Å². The first-order chi connectivity index (χ1) is 16.4. The van der Waals surface area contributed by atoms with Crippen molar-refractivity contribution in [3.05, 3.63) is 88.5 Å². The van der Waals surface area contributed by atoms with E-state index in [1.165, 1.54) is 4.90 Å². The van der Waals surface area contributed by atoms with Crippen LogP contribution in [0, 0.1) is 13.8 Å². The number of methoxy groups -OCH3 is 1. The molecule has 1 N–H and O–H groups in total. The molecule has 0 radical (unpaired) electrons. The quantitative estimate of drug-likeness (QED) is 0.348. The molecule has 172 valence electrons. The minimum absolute atomic E-state index is 0.00183. The zero-order chi connectivity index (χ0) is 24.0. The number of aryl methyl sites for hydroxylation is 2. The van der Waals surface area contributed by atoms with Crippen molar-refractivity contribution in [2.45, 2.75) is 19.9 Å². The molecule has 2 heterocycles. The molecule has 0 aromatic heterocycles. The van der Waals surface area contributed by atoms with E-state index in [0.29, 0.717) is 34.1 Å². The standard InChI is InChI=1S/C27H23NO6/c1-15-7-8-16(2)20(11-15)28-24(17-5-4-6-19(12-17)32-3)23(26(30)27(28)31)25(29)18-9-10-21-22(13-18)34-14-33-21/h4-13,24,29H,14H2,1-3H3/b25-23-. The summed E-state index contributed by atoms with van der Waals surface area (Å²) < 4.78 is 16.2. The topological polar surface area (TPSA) is 85.3 Å². The average molecular weight is 457 g/mol. The molecule has 7 heteroatoms. The van der Waals surface area contributed by atoms with Gasteiger partial charge in [0.25, 0.3) is 11.7 Å². The molecule has 1 unspecified atom stereocenters. The first kappa shape index (κ1) is 21.6. The Balaban J connectivity index is 1.74. The van der Waals surface area contributed by atoms with Crippen molar-refractivity contribution in [1.82, 2.24) is 0 Å². The Hall–Kier alpha value is -4.26. The van der Waals surface area contributed by atoms with Gasteiger partial charge in [-0.05, 0) is 66.9 Å². The second kappa shape index (κ2) is 8.26. The molecular formula is C27H23NO6. The van der Waals surface area contributed by atoms with Gasteiger partial charge in [-0.1, -0.05) is 24.3 Å². The lowest BCUT2D eigenvalue weighted by Crippen LogP contribution is -2.30. The summed E-state index contributed by atoms with van der Waals surface area (Å²) in [5.74, 6) is -0.153. The van der Waals surface area contributed by atoms with Crippen molar-refractivity contribution in [2.75, 3.05) is 18.8 Å². The fourth-order valence-electron chi connectivity index (χ4n) is 4.39. The van der Waals surface area contributed by atoms with Crippen molar-refractivity contribution in [3.8, 4) is 17.2 Å². The van der Waals surface area contributed by atoms with Crippen LogP contribution < -0.4 is 19.1 Å². The number of carbonyl (C=O) groups is 2. The molecule has 34 heavy (non-hydrogen) atoms. The summed E-state index contributed by atoms with van der Waals surface area (Å²) in [6.45, 7) is 3.89. The van der Waals surface area contributed by atoms with Gasteiger partial charge in [-0.25, -0.2) is 0 Å². The van der Waals surface area contributed by atoms with Gasteiger partial charge in [0, 0.05) is 11.3 Å². The van der Waals surface area contributed by atoms with E-state index in [9.17, 15) is 14.7 Å². The van der Waals surface area contributed by atoms with Crippen molar-refractivity contribution in [2.24, 2.45) is 0 Å². The van der Waals surface area contributed by atoms with Gasteiger partial charge in [0.1, 0.15) is 11.5 Å². The van der Waals surface area contributed by atoms with Gasteiger partial charge in [0.15, 0.2) is 11.5 Å². The van der Waals surface area contributed by atoms with Crippen molar-refractivity contribution < 1.29 is 28.9 Å². The van der Waals surface area contributed by atoms with Crippen LogP contribution >= 0.6 is 0 Å². The molecule has 0 spiro atoms. The fourth-order valence-corrected chi connectivity index (χ4v) is 4.39. The van der Waals surface area contributed by atoms with E-state index in [1.807, 2.05) is 38.1 Å². The Morgan fingerprint density at radius 1 is 1.00 bits per heavy atom. The average Bonchev–Trinajstić information content (AvgIpc) is 3.42. The van der Waals surface area contributed by atoms with Crippen LogP contribution in [0.2, 0.25) is 0 Å². The number of fused-ring (bicyclic) bond motifs is 1. The highest BCUT2D eigenvalue weighted by molar-refractivity contribution is 6.51. The third kappa shape index (κ3) is 3.46. The van der Waals surface area contributed by atoms with E-state index in [0.717, 1.165) is 11.1 Å². The summed E-state index contributed by atoms with van der Waals surface area (Å²) in [4.78, 5) is 28.2. The molecule has 5 rings (SSSR count). The number of ketones is 1. The smallest absolute Gasteiger partial charge is 0.300 e.